The van der Waals surface area contributed by atoms with Gasteiger partial charge in [-0.05, 0) is 50.7 Å². The van der Waals surface area contributed by atoms with Crippen LogP contribution in [0.15, 0.2) is 16.9 Å². The van der Waals surface area contributed by atoms with E-state index < -0.39 is 5.41 Å². The monoisotopic (exact) mass is 418 g/mol. The van der Waals surface area contributed by atoms with E-state index >= 15 is 0 Å². The molecule has 28 heavy (non-hydrogen) atoms. The van der Waals surface area contributed by atoms with Gasteiger partial charge in [0.2, 0.25) is 11.9 Å². The summed E-state index contributed by atoms with van der Waals surface area (Å²) in [5.74, 6) is 0.583. The first-order valence-corrected chi connectivity index (χ1v) is 10.4. The van der Waals surface area contributed by atoms with Gasteiger partial charge in [-0.2, -0.15) is 0 Å². The minimum absolute atomic E-state index is 0.0263. The number of carbonyl (C=O) groups is 1. The first-order chi connectivity index (χ1) is 13.5. The maximum atomic E-state index is 12.9. The molecule has 1 aromatic heterocycles. The van der Waals surface area contributed by atoms with Crippen LogP contribution in [0.2, 0.25) is 10.0 Å². The number of amides is 1. The molecule has 1 saturated heterocycles. The van der Waals surface area contributed by atoms with Crippen molar-refractivity contribution in [2.24, 2.45) is 0 Å². The molecule has 1 aromatic carbocycles. The van der Waals surface area contributed by atoms with Gasteiger partial charge in [0.15, 0.2) is 0 Å². The molecule has 0 saturated carbocycles. The number of aryl methyl sites for hydroxylation is 1. The highest BCUT2D eigenvalue weighted by molar-refractivity contribution is 6.36. The molecule has 3 aliphatic rings. The summed E-state index contributed by atoms with van der Waals surface area (Å²) in [5.41, 5.74) is 2.62. The molecule has 2 aliphatic heterocycles. The summed E-state index contributed by atoms with van der Waals surface area (Å²) >= 11 is 12.6. The van der Waals surface area contributed by atoms with Gasteiger partial charge in [0.25, 0.3) is 5.56 Å². The van der Waals surface area contributed by atoms with E-state index in [4.69, 9.17) is 28.2 Å². The van der Waals surface area contributed by atoms with E-state index in [0.717, 1.165) is 42.5 Å². The van der Waals surface area contributed by atoms with Crippen molar-refractivity contribution in [3.8, 4) is 0 Å². The van der Waals surface area contributed by atoms with Gasteiger partial charge in [0, 0.05) is 39.9 Å². The second kappa shape index (κ2) is 6.49. The third kappa shape index (κ3) is 2.65. The lowest BCUT2D eigenvalue weighted by Gasteiger charge is -2.38. The lowest BCUT2D eigenvalue weighted by Crippen LogP contribution is -2.47. The second-order valence-electron chi connectivity index (χ2n) is 7.86. The molecule has 6 nitrogen and oxygen atoms in total. The van der Waals surface area contributed by atoms with Crippen molar-refractivity contribution < 1.29 is 4.79 Å². The molecule has 1 spiro atoms. The average Bonchev–Trinajstić information content (AvgIpc) is 2.93. The van der Waals surface area contributed by atoms with Gasteiger partial charge in [-0.15, -0.1) is 0 Å². The van der Waals surface area contributed by atoms with E-state index in [1.807, 2.05) is 0 Å². The number of piperidine rings is 1. The average molecular weight is 419 g/mol. The SMILES string of the molecule is O=C1Nc2cc(Cl)cc(Cl)c2C12CCN(c1nc3c(c(=O)[nH]1)CCCC3)CC2. The molecule has 0 radical (unpaired) electrons. The van der Waals surface area contributed by atoms with E-state index in [-0.39, 0.29) is 11.5 Å². The Hall–Kier alpha value is -2.05. The van der Waals surface area contributed by atoms with E-state index in [2.05, 4.69) is 15.2 Å². The summed E-state index contributed by atoms with van der Waals surface area (Å²) in [6.07, 6.45) is 4.99. The van der Waals surface area contributed by atoms with Crippen LogP contribution < -0.4 is 15.8 Å². The number of hydrogen-bond donors (Lipinski definition) is 2. The van der Waals surface area contributed by atoms with Gasteiger partial charge < -0.3 is 10.2 Å². The Kier molecular flexibility index (Phi) is 4.18. The summed E-state index contributed by atoms with van der Waals surface area (Å²) in [7, 11) is 0. The Balaban J connectivity index is 1.44. The first kappa shape index (κ1) is 18.0. The Bertz CT molecular complexity index is 1040. The number of rotatable bonds is 1. The summed E-state index contributed by atoms with van der Waals surface area (Å²) in [4.78, 5) is 35.1. The number of nitrogens with zero attached hydrogens (tertiary/aromatic N) is 2. The molecule has 2 aromatic rings. The highest BCUT2D eigenvalue weighted by atomic mass is 35.5. The number of carbonyl (C=O) groups excluding carboxylic acids is 1. The Morgan fingerprint density at radius 2 is 1.82 bits per heavy atom. The molecule has 3 heterocycles. The fraction of sp³-hybridized carbons (Fsp3) is 0.450. The largest absolute Gasteiger partial charge is 0.342 e. The molecule has 1 aliphatic carbocycles. The van der Waals surface area contributed by atoms with E-state index in [1.165, 1.54) is 0 Å². The van der Waals surface area contributed by atoms with Crippen LogP contribution in [-0.2, 0) is 23.1 Å². The Morgan fingerprint density at radius 3 is 2.61 bits per heavy atom. The summed E-state index contributed by atoms with van der Waals surface area (Å²) in [5, 5.41) is 3.98. The molecule has 2 N–H and O–H groups in total. The van der Waals surface area contributed by atoms with Gasteiger partial charge in [0.05, 0.1) is 11.1 Å². The lowest BCUT2D eigenvalue weighted by atomic mass is 9.73. The molecule has 1 fully saturated rings. The smallest absolute Gasteiger partial charge is 0.255 e. The van der Waals surface area contributed by atoms with Crippen LogP contribution in [0.4, 0.5) is 11.6 Å². The zero-order valence-electron chi connectivity index (χ0n) is 15.3. The fourth-order valence-electron chi connectivity index (χ4n) is 4.83. The van der Waals surface area contributed by atoms with Crippen molar-refractivity contribution in [3.63, 3.8) is 0 Å². The topological polar surface area (TPSA) is 78.1 Å². The van der Waals surface area contributed by atoms with E-state index in [0.29, 0.717) is 47.6 Å². The highest BCUT2D eigenvalue weighted by Crippen LogP contribution is 2.49. The van der Waals surface area contributed by atoms with Crippen LogP contribution in [0.5, 0.6) is 0 Å². The molecule has 5 rings (SSSR count). The fourth-order valence-corrected chi connectivity index (χ4v) is 5.51. The number of H-pyrrole nitrogens is 1. The van der Waals surface area contributed by atoms with Gasteiger partial charge >= 0.3 is 0 Å². The quantitative estimate of drug-likeness (QED) is 0.743. The van der Waals surface area contributed by atoms with E-state index in [9.17, 15) is 9.59 Å². The number of halogens is 2. The molecular weight excluding hydrogens is 399 g/mol. The molecule has 8 heteroatoms. The first-order valence-electron chi connectivity index (χ1n) is 9.66. The van der Waals surface area contributed by atoms with Crippen LogP contribution >= 0.6 is 23.2 Å². The maximum absolute atomic E-state index is 12.9. The molecule has 0 unspecified atom stereocenters. The Morgan fingerprint density at radius 1 is 1.07 bits per heavy atom. The number of anilines is 2. The minimum atomic E-state index is -0.651. The zero-order chi connectivity index (χ0) is 19.5. The number of benzene rings is 1. The van der Waals surface area contributed by atoms with Crippen molar-refractivity contribution in [1.82, 2.24) is 9.97 Å². The van der Waals surface area contributed by atoms with Gasteiger partial charge in [-0.25, -0.2) is 4.98 Å². The summed E-state index contributed by atoms with van der Waals surface area (Å²) < 4.78 is 0. The van der Waals surface area contributed by atoms with Crippen LogP contribution in [0.25, 0.3) is 0 Å². The summed E-state index contributed by atoms with van der Waals surface area (Å²) in [6, 6.07) is 3.45. The maximum Gasteiger partial charge on any atom is 0.255 e. The van der Waals surface area contributed by atoms with Crippen molar-refractivity contribution >= 4 is 40.7 Å². The molecule has 1 amide bonds. The number of fused-ring (bicyclic) bond motifs is 3. The molecule has 146 valence electrons. The minimum Gasteiger partial charge on any atom is -0.342 e. The third-order valence-electron chi connectivity index (χ3n) is 6.31. The molecular formula is C20H20Cl2N4O2. The molecule has 0 bridgehead atoms. The normalized spacial score (nSPS) is 20.1. The summed E-state index contributed by atoms with van der Waals surface area (Å²) in [6.45, 7) is 1.24. The Labute approximate surface area is 172 Å². The van der Waals surface area contributed by atoms with Crippen LogP contribution in [0.1, 0.15) is 42.5 Å². The van der Waals surface area contributed by atoms with Crippen molar-refractivity contribution in [1.29, 1.82) is 0 Å². The van der Waals surface area contributed by atoms with Gasteiger partial charge in [0.1, 0.15) is 0 Å². The van der Waals surface area contributed by atoms with E-state index in [1.54, 1.807) is 12.1 Å². The standard InChI is InChI=1S/C20H20Cl2N4O2/c21-11-9-13(22)16-15(10-11)23-18(28)20(16)5-7-26(8-6-20)19-24-14-4-2-1-3-12(14)17(27)25-19/h9-10H,1-8H2,(H,23,28)(H,24,25,27). The van der Waals surface area contributed by atoms with Crippen molar-refractivity contribution in [2.45, 2.75) is 43.9 Å². The zero-order valence-corrected chi connectivity index (χ0v) is 16.8. The van der Waals surface area contributed by atoms with Gasteiger partial charge in [-0.1, -0.05) is 23.2 Å². The predicted octanol–water partition coefficient (Wildman–Crippen LogP) is 3.45. The molecule has 0 atom stereocenters. The number of aromatic nitrogens is 2. The van der Waals surface area contributed by atoms with Crippen molar-refractivity contribution in [3.05, 3.63) is 49.4 Å². The number of hydrogen-bond acceptors (Lipinski definition) is 4. The van der Waals surface area contributed by atoms with Gasteiger partial charge in [-0.3, -0.25) is 14.6 Å². The third-order valence-corrected chi connectivity index (χ3v) is 6.83. The second-order valence-corrected chi connectivity index (χ2v) is 8.70. The predicted molar refractivity (Wildman–Crippen MR) is 110 cm³/mol. The van der Waals surface area contributed by atoms with Crippen LogP contribution in [-0.4, -0.2) is 29.0 Å². The number of nitrogens with one attached hydrogen (secondary N) is 2. The van der Waals surface area contributed by atoms with Crippen molar-refractivity contribution in [2.75, 3.05) is 23.3 Å². The van der Waals surface area contributed by atoms with Crippen LogP contribution in [0.3, 0.4) is 0 Å². The highest BCUT2D eigenvalue weighted by Gasteiger charge is 2.50. The van der Waals surface area contributed by atoms with Crippen LogP contribution in [0, 0.1) is 0 Å². The lowest BCUT2D eigenvalue weighted by molar-refractivity contribution is -0.121. The number of aromatic amines is 1.